The van der Waals surface area contributed by atoms with Crippen molar-refractivity contribution in [1.82, 2.24) is 14.8 Å². The number of ether oxygens (including phenoxy) is 1. The van der Waals surface area contributed by atoms with Gasteiger partial charge in [-0.3, -0.25) is 0 Å². The van der Waals surface area contributed by atoms with E-state index in [0.29, 0.717) is 6.61 Å². The smallest absolute Gasteiger partial charge is 0.119 e. The number of aromatic nitrogens is 3. The molecule has 26 heavy (non-hydrogen) atoms. The van der Waals surface area contributed by atoms with Crippen molar-refractivity contribution >= 4 is 10.8 Å². The Kier molecular flexibility index (Phi) is 5.60. The summed E-state index contributed by atoms with van der Waals surface area (Å²) in [5.74, 6) is 0.906. The summed E-state index contributed by atoms with van der Waals surface area (Å²) in [5, 5.41) is 11.5. The van der Waals surface area contributed by atoms with Crippen LogP contribution in [0.3, 0.4) is 0 Å². The Morgan fingerprint density at radius 1 is 0.885 bits per heavy atom. The second-order valence-electron chi connectivity index (χ2n) is 6.87. The molecular formula is C22H29N3O. The van der Waals surface area contributed by atoms with Gasteiger partial charge in [0.25, 0.3) is 0 Å². The molecule has 2 aromatic heterocycles. The van der Waals surface area contributed by atoms with Crippen LogP contribution >= 0.6 is 0 Å². The molecule has 0 atom stereocenters. The zero-order valence-corrected chi connectivity index (χ0v) is 16.6. The first kappa shape index (κ1) is 18.4. The van der Waals surface area contributed by atoms with Crippen molar-refractivity contribution in [3.63, 3.8) is 0 Å². The van der Waals surface area contributed by atoms with Crippen LogP contribution in [0.25, 0.3) is 16.5 Å². The Hall–Kier alpha value is -2.36. The van der Waals surface area contributed by atoms with Crippen molar-refractivity contribution in [2.75, 3.05) is 6.61 Å². The predicted molar refractivity (Wildman–Crippen MR) is 107 cm³/mol. The number of aryl methyl sites for hydroxylation is 4. The number of rotatable bonds is 7. The molecule has 3 aromatic rings. The second kappa shape index (κ2) is 7.90. The molecule has 0 saturated carbocycles. The van der Waals surface area contributed by atoms with Gasteiger partial charge >= 0.3 is 0 Å². The summed E-state index contributed by atoms with van der Waals surface area (Å²) in [5.41, 5.74) is 5.75. The number of benzene rings is 1. The Morgan fingerprint density at radius 3 is 2.23 bits per heavy atom. The minimum absolute atomic E-state index is 0.683. The van der Waals surface area contributed by atoms with Gasteiger partial charge in [-0.15, -0.1) is 0 Å². The summed E-state index contributed by atoms with van der Waals surface area (Å²) in [6.45, 7) is 11.3. The molecule has 138 valence electrons. The molecule has 0 unspecified atom stereocenters. The maximum Gasteiger partial charge on any atom is 0.119 e. The summed E-state index contributed by atoms with van der Waals surface area (Å²) in [6, 6.07) is 8.31. The monoisotopic (exact) mass is 351 g/mol. The summed E-state index contributed by atoms with van der Waals surface area (Å²) in [6.07, 6.45) is 4.60. The van der Waals surface area contributed by atoms with E-state index in [4.69, 9.17) is 4.74 Å². The molecule has 3 rings (SSSR count). The fourth-order valence-corrected chi connectivity index (χ4v) is 3.83. The molecule has 0 saturated heterocycles. The Morgan fingerprint density at radius 2 is 1.58 bits per heavy atom. The molecule has 0 N–H and O–H groups in total. The standard InChI is InChI=1S/C22H29N3O/c1-6-8-9-10-20-22-17(5)25(16(4)21(22)15(3)23-24-20)18-11-13-19(14-12-18)26-7-2/h11-14H,6-10H2,1-5H3. The van der Waals surface area contributed by atoms with Crippen molar-refractivity contribution < 1.29 is 4.74 Å². The van der Waals surface area contributed by atoms with Gasteiger partial charge in [-0.2, -0.15) is 10.2 Å². The SMILES string of the molecule is CCCCCc1nnc(C)c2c(C)n(-c3ccc(OCC)cc3)c(C)c12. The van der Waals surface area contributed by atoms with Gasteiger partial charge in [-0.25, -0.2) is 0 Å². The normalized spacial score (nSPS) is 11.3. The van der Waals surface area contributed by atoms with Crippen molar-refractivity contribution in [3.8, 4) is 11.4 Å². The van der Waals surface area contributed by atoms with Crippen molar-refractivity contribution in [2.45, 2.75) is 60.3 Å². The molecule has 0 amide bonds. The van der Waals surface area contributed by atoms with E-state index in [0.717, 1.165) is 35.7 Å². The van der Waals surface area contributed by atoms with E-state index >= 15 is 0 Å². The Labute approximate surface area is 156 Å². The van der Waals surface area contributed by atoms with Crippen LogP contribution in [0.5, 0.6) is 5.75 Å². The first-order valence-corrected chi connectivity index (χ1v) is 9.65. The molecule has 1 aromatic carbocycles. The number of unbranched alkanes of at least 4 members (excludes halogenated alkanes) is 2. The first-order valence-electron chi connectivity index (χ1n) is 9.65. The van der Waals surface area contributed by atoms with E-state index in [1.54, 1.807) is 0 Å². The van der Waals surface area contributed by atoms with Crippen LogP contribution in [0.4, 0.5) is 0 Å². The minimum atomic E-state index is 0.683. The van der Waals surface area contributed by atoms with E-state index in [2.05, 4.69) is 54.6 Å². The molecule has 0 aliphatic carbocycles. The lowest BCUT2D eigenvalue weighted by atomic mass is 10.1. The Balaban J connectivity index is 2.11. The predicted octanol–water partition coefficient (Wildman–Crippen LogP) is 5.48. The molecule has 0 radical (unpaired) electrons. The fraction of sp³-hybridized carbons (Fsp3) is 0.455. The molecule has 4 heteroatoms. The minimum Gasteiger partial charge on any atom is -0.494 e. The summed E-state index contributed by atoms with van der Waals surface area (Å²) in [7, 11) is 0. The van der Waals surface area contributed by atoms with Crippen molar-refractivity contribution in [2.24, 2.45) is 0 Å². The van der Waals surface area contributed by atoms with Crippen LogP contribution in [0.1, 0.15) is 55.9 Å². The lowest BCUT2D eigenvalue weighted by Crippen LogP contribution is -1.99. The lowest BCUT2D eigenvalue weighted by molar-refractivity contribution is 0.340. The van der Waals surface area contributed by atoms with Gasteiger partial charge in [-0.05, 0) is 64.8 Å². The molecule has 0 bridgehead atoms. The topological polar surface area (TPSA) is 39.9 Å². The molecule has 4 nitrogen and oxygen atoms in total. The number of nitrogens with zero attached hydrogens (tertiary/aromatic N) is 3. The number of hydrogen-bond acceptors (Lipinski definition) is 3. The van der Waals surface area contributed by atoms with Crippen molar-refractivity contribution in [3.05, 3.63) is 47.0 Å². The van der Waals surface area contributed by atoms with E-state index in [9.17, 15) is 0 Å². The van der Waals surface area contributed by atoms with Crippen LogP contribution in [0.2, 0.25) is 0 Å². The van der Waals surface area contributed by atoms with E-state index in [1.165, 1.54) is 35.0 Å². The maximum atomic E-state index is 5.58. The fourth-order valence-electron chi connectivity index (χ4n) is 3.83. The molecular weight excluding hydrogens is 322 g/mol. The maximum absolute atomic E-state index is 5.58. The van der Waals surface area contributed by atoms with Crippen LogP contribution in [-0.4, -0.2) is 21.4 Å². The summed E-state index contributed by atoms with van der Waals surface area (Å²) >= 11 is 0. The third kappa shape index (κ3) is 3.33. The molecule has 0 fully saturated rings. The highest BCUT2D eigenvalue weighted by Crippen LogP contribution is 2.32. The van der Waals surface area contributed by atoms with E-state index in [-0.39, 0.29) is 0 Å². The highest BCUT2D eigenvalue weighted by atomic mass is 16.5. The van der Waals surface area contributed by atoms with Crippen LogP contribution in [0.15, 0.2) is 24.3 Å². The second-order valence-corrected chi connectivity index (χ2v) is 6.87. The van der Waals surface area contributed by atoms with Gasteiger partial charge in [0.05, 0.1) is 18.0 Å². The molecule has 2 heterocycles. The van der Waals surface area contributed by atoms with Gasteiger partial charge in [0.1, 0.15) is 5.75 Å². The average Bonchev–Trinajstić information content (AvgIpc) is 2.90. The largest absolute Gasteiger partial charge is 0.494 e. The zero-order chi connectivity index (χ0) is 18.7. The summed E-state index contributed by atoms with van der Waals surface area (Å²) < 4.78 is 7.90. The van der Waals surface area contributed by atoms with Gasteiger partial charge in [0, 0.05) is 27.8 Å². The lowest BCUT2D eigenvalue weighted by Gasteiger charge is -2.11. The van der Waals surface area contributed by atoms with Gasteiger partial charge in [0.2, 0.25) is 0 Å². The number of hydrogen-bond donors (Lipinski definition) is 0. The van der Waals surface area contributed by atoms with Gasteiger partial charge < -0.3 is 9.30 Å². The van der Waals surface area contributed by atoms with Gasteiger partial charge in [-0.1, -0.05) is 19.8 Å². The van der Waals surface area contributed by atoms with Gasteiger partial charge in [0.15, 0.2) is 0 Å². The molecule has 0 aliphatic heterocycles. The molecule has 0 spiro atoms. The Bertz CT molecular complexity index is 894. The average molecular weight is 351 g/mol. The highest BCUT2D eigenvalue weighted by Gasteiger charge is 2.19. The number of fused-ring (bicyclic) bond motifs is 1. The van der Waals surface area contributed by atoms with Crippen molar-refractivity contribution in [1.29, 1.82) is 0 Å². The first-order chi connectivity index (χ1) is 12.6. The molecule has 0 aliphatic rings. The third-order valence-electron chi connectivity index (χ3n) is 5.04. The third-order valence-corrected chi connectivity index (χ3v) is 5.04. The quantitative estimate of drug-likeness (QED) is 0.529. The van der Waals surface area contributed by atoms with Crippen LogP contribution < -0.4 is 4.74 Å². The van der Waals surface area contributed by atoms with E-state index in [1.807, 2.05) is 19.1 Å². The van der Waals surface area contributed by atoms with Crippen LogP contribution in [0, 0.1) is 20.8 Å². The highest BCUT2D eigenvalue weighted by molar-refractivity contribution is 5.92. The zero-order valence-electron chi connectivity index (χ0n) is 16.6. The van der Waals surface area contributed by atoms with Crippen LogP contribution in [-0.2, 0) is 6.42 Å². The summed E-state index contributed by atoms with van der Waals surface area (Å²) in [4.78, 5) is 0. The van der Waals surface area contributed by atoms with E-state index < -0.39 is 0 Å².